The summed E-state index contributed by atoms with van der Waals surface area (Å²) in [6, 6.07) is 16.3. The van der Waals surface area contributed by atoms with Crippen molar-refractivity contribution in [1.29, 1.82) is 0 Å². The molecule has 1 atom stereocenters. The number of thioether (sulfide) groups is 1. The number of thiazole rings is 1. The average molecular weight is 370 g/mol. The van der Waals surface area contributed by atoms with Crippen LogP contribution in [0.15, 0.2) is 53.4 Å². The minimum Gasteiger partial charge on any atom is -0.360 e. The van der Waals surface area contributed by atoms with Gasteiger partial charge in [0, 0.05) is 16.7 Å². The zero-order valence-electron chi connectivity index (χ0n) is 13.9. The molecule has 128 valence electrons. The van der Waals surface area contributed by atoms with Gasteiger partial charge in [-0.3, -0.25) is 4.79 Å². The Kier molecular flexibility index (Phi) is 4.63. The number of rotatable bonds is 4. The minimum absolute atomic E-state index is 0.0180. The maximum atomic E-state index is 12.6. The summed E-state index contributed by atoms with van der Waals surface area (Å²) in [7, 11) is 0. The topological polar surface area (TPSA) is 45.2 Å². The van der Waals surface area contributed by atoms with Crippen molar-refractivity contribution >= 4 is 50.0 Å². The monoisotopic (exact) mass is 369 g/mol. The van der Waals surface area contributed by atoms with Gasteiger partial charge in [-0.25, -0.2) is 4.98 Å². The van der Waals surface area contributed by atoms with Crippen molar-refractivity contribution in [2.24, 2.45) is 0 Å². The number of hydrogen-bond acceptors (Lipinski definition) is 5. The number of benzene rings is 2. The zero-order chi connectivity index (χ0) is 17.2. The molecule has 0 saturated heterocycles. The van der Waals surface area contributed by atoms with Gasteiger partial charge in [0.05, 0.1) is 22.4 Å². The second kappa shape index (κ2) is 7.06. The van der Waals surface area contributed by atoms with E-state index in [4.69, 9.17) is 0 Å². The molecule has 3 aromatic rings. The molecule has 0 bridgehead atoms. The summed E-state index contributed by atoms with van der Waals surface area (Å²) < 4.78 is 1.09. The normalized spacial score (nSPS) is 16.7. The smallest absolute Gasteiger partial charge is 0.245 e. The number of carbonyl (C=O) groups excluding carboxylic acids is 1. The zero-order valence-corrected chi connectivity index (χ0v) is 15.6. The van der Waals surface area contributed by atoms with E-state index in [9.17, 15) is 4.79 Å². The van der Waals surface area contributed by atoms with E-state index in [0.717, 1.165) is 28.9 Å². The van der Waals surface area contributed by atoms with Crippen LogP contribution in [-0.4, -0.2) is 29.2 Å². The Bertz CT molecular complexity index is 875. The van der Waals surface area contributed by atoms with Gasteiger partial charge in [-0.2, -0.15) is 0 Å². The van der Waals surface area contributed by atoms with Gasteiger partial charge in [0.25, 0.3) is 0 Å². The molecule has 1 unspecified atom stereocenters. The third kappa shape index (κ3) is 3.50. The second-order valence-corrected chi connectivity index (χ2v) is 8.40. The molecule has 2 heterocycles. The van der Waals surface area contributed by atoms with Gasteiger partial charge in [0.2, 0.25) is 5.91 Å². The van der Waals surface area contributed by atoms with Crippen LogP contribution in [0, 0.1) is 0 Å². The van der Waals surface area contributed by atoms with Crippen molar-refractivity contribution in [3.05, 3.63) is 48.5 Å². The molecule has 0 saturated carbocycles. The summed E-state index contributed by atoms with van der Waals surface area (Å²) in [5.41, 5.74) is 2.07. The van der Waals surface area contributed by atoms with Gasteiger partial charge in [0.15, 0.2) is 5.13 Å². The molecule has 0 aliphatic carbocycles. The lowest BCUT2D eigenvalue weighted by Gasteiger charge is -2.34. The molecule has 1 aliphatic rings. The first-order valence-electron chi connectivity index (χ1n) is 8.39. The molecule has 4 rings (SSSR count). The van der Waals surface area contributed by atoms with E-state index >= 15 is 0 Å². The first-order chi connectivity index (χ1) is 12.2. The van der Waals surface area contributed by atoms with Gasteiger partial charge in [-0.1, -0.05) is 42.5 Å². The highest BCUT2D eigenvalue weighted by atomic mass is 32.2. The number of fused-ring (bicyclic) bond motifs is 2. The standard InChI is InChI=1S/C19H19N3OS2/c1-2-13-11-22(15-8-4-6-10-17(15)24-13)12-18(23)21-19-20-14-7-3-5-9-16(14)25-19/h3-10,13H,2,11-12H2,1H3,(H,20,21,23). The van der Waals surface area contributed by atoms with Crippen LogP contribution in [0.3, 0.4) is 0 Å². The summed E-state index contributed by atoms with van der Waals surface area (Å²) in [5.74, 6) is -0.0180. The molecule has 1 aliphatic heterocycles. The van der Waals surface area contributed by atoms with E-state index in [-0.39, 0.29) is 5.91 Å². The number of hydrogen-bond donors (Lipinski definition) is 1. The van der Waals surface area contributed by atoms with Crippen LogP contribution in [0.1, 0.15) is 13.3 Å². The fourth-order valence-corrected chi connectivity index (χ4v) is 5.14. The number of aromatic nitrogens is 1. The predicted molar refractivity (Wildman–Crippen MR) is 107 cm³/mol. The van der Waals surface area contributed by atoms with Gasteiger partial charge in [-0.05, 0) is 30.7 Å². The lowest BCUT2D eigenvalue weighted by atomic mass is 10.2. The van der Waals surface area contributed by atoms with E-state index in [1.807, 2.05) is 42.1 Å². The molecular formula is C19H19N3OS2. The van der Waals surface area contributed by atoms with Crippen molar-refractivity contribution in [2.75, 3.05) is 23.3 Å². The number of amides is 1. The largest absolute Gasteiger partial charge is 0.360 e. The highest BCUT2D eigenvalue weighted by molar-refractivity contribution is 8.00. The van der Waals surface area contributed by atoms with Crippen LogP contribution in [0.4, 0.5) is 10.8 Å². The Morgan fingerprint density at radius 2 is 2.04 bits per heavy atom. The summed E-state index contributed by atoms with van der Waals surface area (Å²) >= 11 is 3.42. The fourth-order valence-electron chi connectivity index (χ4n) is 3.00. The summed E-state index contributed by atoms with van der Waals surface area (Å²) in [5, 5.41) is 4.15. The van der Waals surface area contributed by atoms with E-state index < -0.39 is 0 Å². The Hall–Kier alpha value is -2.05. The Balaban J connectivity index is 1.50. The van der Waals surface area contributed by atoms with E-state index in [0.29, 0.717) is 16.9 Å². The van der Waals surface area contributed by atoms with Crippen LogP contribution in [0.5, 0.6) is 0 Å². The van der Waals surface area contributed by atoms with Gasteiger partial charge >= 0.3 is 0 Å². The molecule has 4 nitrogen and oxygen atoms in total. The molecule has 2 aromatic carbocycles. The summed E-state index contributed by atoms with van der Waals surface area (Å²) in [6.07, 6.45) is 1.09. The predicted octanol–water partition coefficient (Wildman–Crippen LogP) is 4.63. The van der Waals surface area contributed by atoms with Crippen molar-refractivity contribution in [1.82, 2.24) is 4.98 Å². The van der Waals surface area contributed by atoms with E-state index in [2.05, 4.69) is 40.3 Å². The molecule has 1 aromatic heterocycles. The van der Waals surface area contributed by atoms with Crippen molar-refractivity contribution in [3.8, 4) is 0 Å². The SMILES string of the molecule is CCC1CN(CC(=O)Nc2nc3ccccc3s2)c2ccccc2S1. The number of para-hydroxylation sites is 2. The van der Waals surface area contributed by atoms with E-state index in [1.165, 1.54) is 16.2 Å². The molecule has 0 radical (unpaired) electrons. The van der Waals surface area contributed by atoms with Crippen LogP contribution < -0.4 is 10.2 Å². The number of nitrogens with one attached hydrogen (secondary N) is 1. The first kappa shape index (κ1) is 16.4. The maximum absolute atomic E-state index is 12.6. The number of carbonyl (C=O) groups is 1. The summed E-state index contributed by atoms with van der Waals surface area (Å²) in [6.45, 7) is 3.44. The fraction of sp³-hybridized carbons (Fsp3) is 0.263. The minimum atomic E-state index is -0.0180. The van der Waals surface area contributed by atoms with Gasteiger partial charge in [-0.15, -0.1) is 11.8 Å². The van der Waals surface area contributed by atoms with Crippen LogP contribution in [0.25, 0.3) is 10.2 Å². The van der Waals surface area contributed by atoms with Crippen molar-refractivity contribution in [3.63, 3.8) is 0 Å². The first-order valence-corrected chi connectivity index (χ1v) is 10.1. The molecule has 1 amide bonds. The molecule has 25 heavy (non-hydrogen) atoms. The number of nitrogens with zero attached hydrogens (tertiary/aromatic N) is 2. The lowest BCUT2D eigenvalue weighted by Crippen LogP contribution is -2.40. The highest BCUT2D eigenvalue weighted by Gasteiger charge is 2.25. The maximum Gasteiger partial charge on any atom is 0.245 e. The van der Waals surface area contributed by atoms with Gasteiger partial charge in [0.1, 0.15) is 0 Å². The quantitative estimate of drug-likeness (QED) is 0.728. The van der Waals surface area contributed by atoms with Crippen molar-refractivity contribution in [2.45, 2.75) is 23.5 Å². The Labute approximate surface area is 155 Å². The third-order valence-corrected chi connectivity index (χ3v) is 6.62. The van der Waals surface area contributed by atoms with E-state index in [1.54, 1.807) is 0 Å². The van der Waals surface area contributed by atoms with Gasteiger partial charge < -0.3 is 10.2 Å². The Morgan fingerprint density at radius 3 is 2.88 bits per heavy atom. The molecule has 6 heteroatoms. The lowest BCUT2D eigenvalue weighted by molar-refractivity contribution is -0.115. The average Bonchev–Trinajstić information content (AvgIpc) is 3.03. The molecular weight excluding hydrogens is 350 g/mol. The van der Waals surface area contributed by atoms with Crippen molar-refractivity contribution < 1.29 is 4.79 Å². The molecule has 1 N–H and O–H groups in total. The van der Waals surface area contributed by atoms with Crippen LogP contribution in [0.2, 0.25) is 0 Å². The summed E-state index contributed by atoms with van der Waals surface area (Å²) in [4.78, 5) is 20.5. The molecule has 0 spiro atoms. The second-order valence-electron chi connectivity index (χ2n) is 6.03. The van der Waals surface area contributed by atoms with Crippen LogP contribution in [-0.2, 0) is 4.79 Å². The Morgan fingerprint density at radius 1 is 1.24 bits per heavy atom. The highest BCUT2D eigenvalue weighted by Crippen LogP contribution is 2.39. The molecule has 0 fully saturated rings. The third-order valence-electron chi connectivity index (χ3n) is 4.25. The number of anilines is 2. The van der Waals surface area contributed by atoms with Crippen LogP contribution >= 0.6 is 23.1 Å².